The van der Waals surface area contributed by atoms with Crippen LogP contribution in [0.25, 0.3) is 0 Å². The monoisotopic (exact) mass is 284 g/mol. The van der Waals surface area contributed by atoms with E-state index in [1.165, 1.54) is 4.90 Å². The molecule has 5 heteroatoms. The molecule has 0 saturated heterocycles. The molecular weight excluding hydrogens is 262 g/mol. The van der Waals surface area contributed by atoms with Gasteiger partial charge in [-0.05, 0) is 36.6 Å². The highest BCUT2D eigenvalue weighted by atomic mass is 19.1. The average Bonchev–Trinajstić information content (AvgIpc) is 2.40. The molecule has 0 aromatic heterocycles. The van der Waals surface area contributed by atoms with Crippen LogP contribution in [0.15, 0.2) is 18.2 Å². The fraction of sp³-hybridized carbons (Fsp3) is 0.533. The highest BCUT2D eigenvalue weighted by Gasteiger charge is 2.25. The summed E-state index contributed by atoms with van der Waals surface area (Å²) in [7, 11) is 0. The van der Waals surface area contributed by atoms with Crippen LogP contribution in [0, 0.1) is 17.0 Å². The number of amides is 1. The molecule has 1 aromatic carbocycles. The molecule has 2 N–H and O–H groups in total. The van der Waals surface area contributed by atoms with E-state index in [1.54, 1.807) is 0 Å². The zero-order chi connectivity index (χ0) is 15.3. The second-order valence-corrected chi connectivity index (χ2v) is 5.72. The highest BCUT2D eigenvalue weighted by molar-refractivity contribution is 5.94. The molecule has 20 heavy (non-hydrogen) atoms. The van der Waals surface area contributed by atoms with Crippen molar-refractivity contribution in [3.63, 3.8) is 0 Å². The molecule has 3 nitrogen and oxygen atoms in total. The van der Waals surface area contributed by atoms with Crippen LogP contribution < -0.4 is 5.73 Å². The van der Waals surface area contributed by atoms with Gasteiger partial charge in [0.05, 0.1) is 5.56 Å². The van der Waals surface area contributed by atoms with Crippen molar-refractivity contribution in [3.05, 3.63) is 35.4 Å². The van der Waals surface area contributed by atoms with E-state index in [2.05, 4.69) is 0 Å². The summed E-state index contributed by atoms with van der Waals surface area (Å²) >= 11 is 0. The van der Waals surface area contributed by atoms with Crippen molar-refractivity contribution < 1.29 is 13.6 Å². The van der Waals surface area contributed by atoms with Gasteiger partial charge in [-0.2, -0.15) is 0 Å². The smallest absolute Gasteiger partial charge is 0.256 e. The number of hydrogen-bond donors (Lipinski definition) is 1. The zero-order valence-corrected chi connectivity index (χ0v) is 12.2. The Labute approximate surface area is 118 Å². The molecular formula is C15H22F2N2O. The summed E-state index contributed by atoms with van der Waals surface area (Å²) in [5.41, 5.74) is 5.17. The molecule has 0 unspecified atom stereocenters. The van der Waals surface area contributed by atoms with Crippen molar-refractivity contribution >= 4 is 5.91 Å². The zero-order valence-electron chi connectivity index (χ0n) is 12.2. The van der Waals surface area contributed by atoms with Gasteiger partial charge in [0.15, 0.2) is 0 Å². The molecule has 1 rings (SSSR count). The third-order valence-electron chi connectivity index (χ3n) is 3.11. The minimum atomic E-state index is -0.706. The first-order valence-electron chi connectivity index (χ1n) is 6.75. The van der Waals surface area contributed by atoms with E-state index < -0.39 is 17.5 Å². The van der Waals surface area contributed by atoms with E-state index in [4.69, 9.17) is 5.73 Å². The maximum Gasteiger partial charge on any atom is 0.256 e. The van der Waals surface area contributed by atoms with E-state index in [1.807, 2.05) is 20.8 Å². The van der Waals surface area contributed by atoms with Crippen molar-refractivity contribution in [1.82, 2.24) is 4.90 Å². The summed E-state index contributed by atoms with van der Waals surface area (Å²) in [6.45, 7) is 7.10. The number of nitrogens with zero attached hydrogens (tertiary/aromatic N) is 1. The van der Waals surface area contributed by atoms with Crippen LogP contribution >= 0.6 is 0 Å². The van der Waals surface area contributed by atoms with Crippen LogP contribution in [0.3, 0.4) is 0 Å². The van der Waals surface area contributed by atoms with Gasteiger partial charge in [-0.15, -0.1) is 0 Å². The molecule has 0 bridgehead atoms. The number of nitrogens with two attached hydrogens (primary N) is 1. The number of benzene rings is 1. The van der Waals surface area contributed by atoms with Crippen LogP contribution in [-0.2, 0) is 0 Å². The second-order valence-electron chi connectivity index (χ2n) is 5.72. The van der Waals surface area contributed by atoms with E-state index in [0.29, 0.717) is 19.6 Å². The first-order chi connectivity index (χ1) is 9.30. The van der Waals surface area contributed by atoms with Gasteiger partial charge in [-0.3, -0.25) is 4.79 Å². The molecule has 0 fully saturated rings. The Morgan fingerprint density at radius 1 is 1.35 bits per heavy atom. The lowest BCUT2D eigenvalue weighted by Gasteiger charge is -2.31. The van der Waals surface area contributed by atoms with Gasteiger partial charge in [0.25, 0.3) is 5.91 Å². The molecule has 0 radical (unpaired) electrons. The predicted molar refractivity (Wildman–Crippen MR) is 75.4 cm³/mol. The van der Waals surface area contributed by atoms with E-state index in [9.17, 15) is 13.6 Å². The largest absolute Gasteiger partial charge is 0.338 e. The lowest BCUT2D eigenvalue weighted by Crippen LogP contribution is -2.42. The standard InChI is InChI=1S/C15H22F2N2O/c1-4-7-19(10-15(2,3)9-18)14(20)12-8-11(16)5-6-13(12)17/h5-6,8H,4,7,9-10,18H2,1-3H3. The molecule has 0 atom stereocenters. The first-order valence-corrected chi connectivity index (χ1v) is 6.75. The quantitative estimate of drug-likeness (QED) is 0.873. The normalized spacial score (nSPS) is 11.5. The topological polar surface area (TPSA) is 46.3 Å². The summed E-state index contributed by atoms with van der Waals surface area (Å²) in [4.78, 5) is 13.9. The SMILES string of the molecule is CCCN(CC(C)(C)CN)C(=O)c1cc(F)ccc1F. The third kappa shape index (κ3) is 4.27. The Bertz CT molecular complexity index is 475. The summed E-state index contributed by atoms with van der Waals surface area (Å²) in [5.74, 6) is -1.82. The van der Waals surface area contributed by atoms with Crippen LogP contribution in [0.2, 0.25) is 0 Å². The van der Waals surface area contributed by atoms with Crippen molar-refractivity contribution in [3.8, 4) is 0 Å². The number of carbonyl (C=O) groups excluding carboxylic acids is 1. The molecule has 1 amide bonds. The summed E-state index contributed by atoms with van der Waals surface area (Å²) < 4.78 is 26.9. The molecule has 0 heterocycles. The molecule has 0 spiro atoms. The molecule has 0 aliphatic rings. The van der Waals surface area contributed by atoms with E-state index in [0.717, 1.165) is 24.6 Å². The van der Waals surface area contributed by atoms with E-state index >= 15 is 0 Å². The van der Waals surface area contributed by atoms with Crippen LogP contribution in [0.4, 0.5) is 8.78 Å². The Kier molecular flexibility index (Phi) is 5.62. The lowest BCUT2D eigenvalue weighted by molar-refractivity contribution is 0.0684. The van der Waals surface area contributed by atoms with Gasteiger partial charge in [0.1, 0.15) is 11.6 Å². The molecule has 112 valence electrons. The number of halogens is 2. The molecule has 0 aliphatic heterocycles. The van der Waals surface area contributed by atoms with Gasteiger partial charge in [-0.1, -0.05) is 20.8 Å². The van der Waals surface area contributed by atoms with Crippen LogP contribution in [-0.4, -0.2) is 30.4 Å². The Morgan fingerprint density at radius 2 is 2.00 bits per heavy atom. The van der Waals surface area contributed by atoms with Crippen molar-refractivity contribution in [2.75, 3.05) is 19.6 Å². The number of carbonyl (C=O) groups is 1. The fourth-order valence-corrected chi connectivity index (χ4v) is 1.94. The Hall–Kier alpha value is -1.49. The van der Waals surface area contributed by atoms with Gasteiger partial charge >= 0.3 is 0 Å². The minimum absolute atomic E-state index is 0.230. The van der Waals surface area contributed by atoms with Crippen molar-refractivity contribution in [1.29, 1.82) is 0 Å². The maximum absolute atomic E-state index is 13.7. The van der Waals surface area contributed by atoms with Crippen LogP contribution in [0.1, 0.15) is 37.6 Å². The lowest BCUT2D eigenvalue weighted by atomic mass is 9.92. The fourth-order valence-electron chi connectivity index (χ4n) is 1.94. The molecule has 0 aliphatic carbocycles. The highest BCUT2D eigenvalue weighted by Crippen LogP contribution is 2.19. The Balaban J connectivity index is 3.02. The minimum Gasteiger partial charge on any atom is -0.338 e. The number of rotatable bonds is 6. The first kappa shape index (κ1) is 16.6. The van der Waals surface area contributed by atoms with Gasteiger partial charge < -0.3 is 10.6 Å². The third-order valence-corrected chi connectivity index (χ3v) is 3.11. The van der Waals surface area contributed by atoms with E-state index in [-0.39, 0.29) is 11.0 Å². The summed E-state index contributed by atoms with van der Waals surface area (Å²) in [5, 5.41) is 0. The maximum atomic E-state index is 13.7. The number of hydrogen-bond acceptors (Lipinski definition) is 2. The molecule has 0 saturated carbocycles. The average molecular weight is 284 g/mol. The van der Waals surface area contributed by atoms with Crippen molar-refractivity contribution in [2.24, 2.45) is 11.1 Å². The van der Waals surface area contributed by atoms with Gasteiger partial charge in [0, 0.05) is 13.1 Å². The van der Waals surface area contributed by atoms with Crippen molar-refractivity contribution in [2.45, 2.75) is 27.2 Å². The van der Waals surface area contributed by atoms with Gasteiger partial charge in [-0.25, -0.2) is 8.78 Å². The second kappa shape index (κ2) is 6.79. The van der Waals surface area contributed by atoms with Gasteiger partial charge in [0.2, 0.25) is 0 Å². The summed E-state index contributed by atoms with van der Waals surface area (Å²) in [6.07, 6.45) is 0.739. The predicted octanol–water partition coefficient (Wildman–Crippen LogP) is 2.80. The summed E-state index contributed by atoms with van der Waals surface area (Å²) in [6, 6.07) is 2.91. The molecule has 1 aromatic rings. The Morgan fingerprint density at radius 3 is 2.55 bits per heavy atom. The van der Waals surface area contributed by atoms with Crippen LogP contribution in [0.5, 0.6) is 0 Å².